The van der Waals surface area contributed by atoms with Crippen molar-refractivity contribution in [2.45, 2.75) is 63.7 Å². The second-order valence-corrected chi connectivity index (χ2v) is 8.20. The van der Waals surface area contributed by atoms with E-state index in [0.717, 1.165) is 0 Å². The highest BCUT2D eigenvalue weighted by Crippen LogP contribution is 2.56. The Morgan fingerprint density at radius 3 is 2.18 bits per heavy atom. The molecule has 4 rings (SSSR count). The Hall–Kier alpha value is -1.56. The fourth-order valence-electron chi connectivity index (χ4n) is 4.63. The molecule has 0 saturated heterocycles. The van der Waals surface area contributed by atoms with Gasteiger partial charge in [0.2, 0.25) is 0 Å². The molecule has 0 aromatic heterocycles. The summed E-state index contributed by atoms with van der Waals surface area (Å²) in [6.45, 7) is 6.93. The van der Waals surface area contributed by atoms with Crippen LogP contribution in [-0.4, -0.2) is 0 Å². The van der Waals surface area contributed by atoms with Crippen LogP contribution in [0.5, 0.6) is 0 Å². The van der Waals surface area contributed by atoms with Crippen LogP contribution in [0.2, 0.25) is 0 Å². The van der Waals surface area contributed by atoms with Gasteiger partial charge in [-0.25, -0.2) is 0 Å². The zero-order valence-corrected chi connectivity index (χ0v) is 14.1. The first kappa shape index (κ1) is 14.1. The molecule has 0 radical (unpaired) electrons. The number of fused-ring (bicyclic) bond motifs is 5. The van der Waals surface area contributed by atoms with E-state index in [4.69, 9.17) is 0 Å². The average molecular weight is 290 g/mol. The van der Waals surface area contributed by atoms with E-state index < -0.39 is 0 Å². The Morgan fingerprint density at radius 1 is 0.773 bits per heavy atom. The molecule has 2 aliphatic carbocycles. The van der Waals surface area contributed by atoms with Crippen LogP contribution in [0.3, 0.4) is 0 Å². The van der Waals surface area contributed by atoms with Crippen LogP contribution < -0.4 is 0 Å². The van der Waals surface area contributed by atoms with Gasteiger partial charge < -0.3 is 0 Å². The Labute approximate surface area is 134 Å². The molecule has 2 aromatic carbocycles. The molecule has 1 saturated carbocycles. The van der Waals surface area contributed by atoms with E-state index >= 15 is 0 Å². The maximum atomic E-state index is 2.47. The Morgan fingerprint density at radius 2 is 1.45 bits per heavy atom. The molecule has 1 fully saturated rings. The third-order valence-electron chi connectivity index (χ3n) is 5.84. The summed E-state index contributed by atoms with van der Waals surface area (Å²) >= 11 is 0. The molecule has 0 heteroatoms. The predicted molar refractivity (Wildman–Crippen MR) is 94.4 cm³/mol. The summed E-state index contributed by atoms with van der Waals surface area (Å²) in [5, 5.41) is 0. The lowest BCUT2D eigenvalue weighted by molar-refractivity contribution is 0.352. The molecule has 22 heavy (non-hydrogen) atoms. The van der Waals surface area contributed by atoms with Crippen molar-refractivity contribution in [1.82, 2.24) is 0 Å². The minimum Gasteiger partial charge on any atom is -0.0619 e. The van der Waals surface area contributed by atoms with Crippen molar-refractivity contribution >= 4 is 0 Å². The molecule has 2 aromatic rings. The van der Waals surface area contributed by atoms with E-state index in [1.165, 1.54) is 48.8 Å². The van der Waals surface area contributed by atoms with Crippen molar-refractivity contribution < 1.29 is 0 Å². The lowest BCUT2D eigenvalue weighted by atomic mass is 9.67. The quantitative estimate of drug-likeness (QED) is 0.540. The number of benzene rings is 2. The molecule has 114 valence electrons. The highest BCUT2D eigenvalue weighted by atomic mass is 14.5. The normalized spacial score (nSPS) is 19.0. The zero-order chi connectivity index (χ0) is 15.4. The van der Waals surface area contributed by atoms with Gasteiger partial charge in [0.25, 0.3) is 0 Å². The summed E-state index contributed by atoms with van der Waals surface area (Å²) in [6, 6.07) is 16.4. The third-order valence-corrected chi connectivity index (χ3v) is 5.84. The lowest BCUT2D eigenvalue weighted by Crippen LogP contribution is -2.28. The van der Waals surface area contributed by atoms with E-state index in [9.17, 15) is 0 Å². The fraction of sp³-hybridized carbons (Fsp3) is 0.455. The van der Waals surface area contributed by atoms with E-state index in [0.29, 0.717) is 5.41 Å². The van der Waals surface area contributed by atoms with Gasteiger partial charge in [-0.1, -0.05) is 82.5 Å². The lowest BCUT2D eigenvalue weighted by Gasteiger charge is -2.36. The molecule has 0 amide bonds. The van der Waals surface area contributed by atoms with Crippen molar-refractivity contribution in [3.8, 4) is 11.1 Å². The van der Waals surface area contributed by atoms with Crippen LogP contribution in [0.25, 0.3) is 11.1 Å². The highest BCUT2D eigenvalue weighted by Gasteiger charge is 2.43. The van der Waals surface area contributed by atoms with Gasteiger partial charge in [0.1, 0.15) is 0 Å². The summed E-state index contributed by atoms with van der Waals surface area (Å²) in [5.41, 5.74) is 8.16. The first-order valence-electron chi connectivity index (χ1n) is 8.77. The second-order valence-electron chi connectivity index (χ2n) is 8.20. The Bertz CT molecular complexity index is 709. The van der Waals surface area contributed by atoms with Gasteiger partial charge >= 0.3 is 0 Å². The van der Waals surface area contributed by atoms with Gasteiger partial charge in [0, 0.05) is 5.41 Å². The van der Waals surface area contributed by atoms with Crippen molar-refractivity contribution in [3.63, 3.8) is 0 Å². The summed E-state index contributed by atoms with van der Waals surface area (Å²) in [6.07, 6.45) is 6.79. The Balaban J connectivity index is 1.97. The van der Waals surface area contributed by atoms with E-state index in [1.54, 1.807) is 11.1 Å². The average Bonchev–Trinajstić information content (AvgIpc) is 2.78. The monoisotopic (exact) mass is 290 g/mol. The SMILES string of the molecule is CC(C)(C)c1ccc2c(c1)-c1ccccc1C21CCCCC1. The molecule has 1 spiro atoms. The number of hydrogen-bond donors (Lipinski definition) is 0. The first-order valence-corrected chi connectivity index (χ1v) is 8.77. The van der Waals surface area contributed by atoms with E-state index in [2.05, 4.69) is 63.2 Å². The van der Waals surface area contributed by atoms with Gasteiger partial charge in [-0.15, -0.1) is 0 Å². The van der Waals surface area contributed by atoms with Crippen LogP contribution in [0.1, 0.15) is 69.6 Å². The molecule has 0 unspecified atom stereocenters. The molecule has 0 atom stereocenters. The van der Waals surface area contributed by atoms with Gasteiger partial charge in [-0.3, -0.25) is 0 Å². The first-order chi connectivity index (χ1) is 10.5. The molecule has 0 heterocycles. The fourth-order valence-corrected chi connectivity index (χ4v) is 4.63. The van der Waals surface area contributed by atoms with Crippen LogP contribution in [-0.2, 0) is 10.8 Å². The maximum absolute atomic E-state index is 2.47. The summed E-state index contributed by atoms with van der Waals surface area (Å²) < 4.78 is 0. The van der Waals surface area contributed by atoms with Crippen molar-refractivity contribution in [2.24, 2.45) is 0 Å². The summed E-state index contributed by atoms with van der Waals surface area (Å²) in [7, 11) is 0. The van der Waals surface area contributed by atoms with Gasteiger partial charge in [-0.2, -0.15) is 0 Å². The topological polar surface area (TPSA) is 0 Å². The molecule has 0 nitrogen and oxygen atoms in total. The maximum Gasteiger partial charge on any atom is 0.0215 e. The third kappa shape index (κ3) is 1.89. The molecular weight excluding hydrogens is 264 g/mol. The minimum atomic E-state index is 0.215. The van der Waals surface area contributed by atoms with Crippen LogP contribution in [0, 0.1) is 0 Å². The predicted octanol–water partition coefficient (Wildman–Crippen LogP) is 6.21. The molecular formula is C22H26. The van der Waals surface area contributed by atoms with Crippen molar-refractivity contribution in [1.29, 1.82) is 0 Å². The van der Waals surface area contributed by atoms with E-state index in [1.807, 2.05) is 0 Å². The molecule has 2 aliphatic rings. The number of hydrogen-bond acceptors (Lipinski definition) is 0. The van der Waals surface area contributed by atoms with Gasteiger partial charge in [0.15, 0.2) is 0 Å². The van der Waals surface area contributed by atoms with Gasteiger partial charge in [-0.05, 0) is 46.1 Å². The van der Waals surface area contributed by atoms with E-state index in [-0.39, 0.29) is 5.41 Å². The number of rotatable bonds is 0. The van der Waals surface area contributed by atoms with Crippen LogP contribution >= 0.6 is 0 Å². The standard InChI is InChI=1S/C22H26/c1-21(2,3)16-11-12-20-18(15-16)17-9-5-6-10-19(17)22(20)13-7-4-8-14-22/h5-6,9-12,15H,4,7-8,13-14H2,1-3H3. The van der Waals surface area contributed by atoms with Gasteiger partial charge in [0.05, 0.1) is 0 Å². The summed E-state index contributed by atoms with van der Waals surface area (Å²) in [4.78, 5) is 0. The van der Waals surface area contributed by atoms with Crippen LogP contribution in [0.4, 0.5) is 0 Å². The smallest absolute Gasteiger partial charge is 0.0215 e. The highest BCUT2D eigenvalue weighted by molar-refractivity contribution is 5.81. The van der Waals surface area contributed by atoms with Crippen LogP contribution in [0.15, 0.2) is 42.5 Å². The molecule has 0 aliphatic heterocycles. The molecule has 0 N–H and O–H groups in total. The largest absolute Gasteiger partial charge is 0.0619 e. The van der Waals surface area contributed by atoms with Crippen molar-refractivity contribution in [3.05, 3.63) is 59.2 Å². The Kier molecular flexibility index (Phi) is 3.01. The minimum absolute atomic E-state index is 0.215. The second kappa shape index (κ2) is 4.72. The van der Waals surface area contributed by atoms with Crippen molar-refractivity contribution in [2.75, 3.05) is 0 Å². The molecule has 0 bridgehead atoms. The zero-order valence-electron chi connectivity index (χ0n) is 14.1. The summed E-state index contributed by atoms with van der Waals surface area (Å²) in [5.74, 6) is 0.